The summed E-state index contributed by atoms with van der Waals surface area (Å²) in [6.45, 7) is 4.93. The van der Waals surface area contributed by atoms with Crippen LogP contribution in [0.25, 0.3) is 5.69 Å². The second-order valence-corrected chi connectivity index (χ2v) is 5.32. The fourth-order valence-corrected chi connectivity index (χ4v) is 2.54. The molecule has 2 heterocycles. The van der Waals surface area contributed by atoms with Gasteiger partial charge in [-0.1, -0.05) is 18.2 Å². The number of aryl methyl sites for hydroxylation is 2. The molecular weight excluding hydrogens is 288 g/mol. The number of hydrogen-bond donors (Lipinski definition) is 2. The van der Waals surface area contributed by atoms with Crippen LogP contribution in [0.4, 0.5) is 5.82 Å². The molecule has 3 N–H and O–H groups in total. The topological polar surface area (TPSA) is 81.6 Å². The van der Waals surface area contributed by atoms with Gasteiger partial charge in [0.15, 0.2) is 0 Å². The van der Waals surface area contributed by atoms with Crippen LogP contribution in [-0.4, -0.2) is 19.5 Å². The maximum Gasteiger partial charge on any atom is 0.130 e. The average Bonchev–Trinajstić information content (AvgIpc) is 2.98. The molecule has 0 fully saturated rings. The van der Waals surface area contributed by atoms with Crippen LogP contribution in [0.1, 0.15) is 22.9 Å². The molecule has 2 aromatic heterocycles. The van der Waals surface area contributed by atoms with Crippen molar-refractivity contribution in [3.63, 3.8) is 0 Å². The van der Waals surface area contributed by atoms with Crippen LogP contribution in [-0.2, 0) is 13.1 Å². The quantitative estimate of drug-likeness (QED) is 0.756. The Bertz CT molecular complexity index is 808. The van der Waals surface area contributed by atoms with Crippen LogP contribution in [0.5, 0.6) is 0 Å². The number of aromatic nitrogens is 4. The minimum Gasteiger partial charge on any atom is -0.366 e. The molecule has 0 atom stereocenters. The number of nitrogens with two attached hydrogens (primary N) is 1. The minimum absolute atomic E-state index is 0.406. The minimum atomic E-state index is 0.406. The van der Waals surface area contributed by atoms with Gasteiger partial charge >= 0.3 is 0 Å². The zero-order valence-corrected chi connectivity index (χ0v) is 13.3. The summed E-state index contributed by atoms with van der Waals surface area (Å²) in [4.78, 5) is 13.0. The van der Waals surface area contributed by atoms with Crippen LogP contribution in [0.2, 0.25) is 0 Å². The Morgan fingerprint density at radius 3 is 2.74 bits per heavy atom. The van der Waals surface area contributed by atoms with Crippen molar-refractivity contribution in [1.29, 1.82) is 0 Å². The van der Waals surface area contributed by atoms with E-state index in [1.165, 1.54) is 5.56 Å². The van der Waals surface area contributed by atoms with E-state index < -0.39 is 0 Å². The van der Waals surface area contributed by atoms with Crippen LogP contribution in [0, 0.1) is 13.8 Å². The predicted molar refractivity (Wildman–Crippen MR) is 90.3 cm³/mol. The van der Waals surface area contributed by atoms with Gasteiger partial charge in [0, 0.05) is 31.5 Å². The molecule has 1 aromatic carbocycles. The molecule has 0 radical (unpaired) electrons. The number of hydrogen-bond acceptors (Lipinski definition) is 5. The predicted octanol–water partition coefficient (Wildman–Crippen LogP) is 2.35. The van der Waals surface area contributed by atoms with Gasteiger partial charge in [0.1, 0.15) is 17.5 Å². The molecular formula is C17H20N6. The number of benzene rings is 1. The molecule has 118 valence electrons. The summed E-state index contributed by atoms with van der Waals surface area (Å²) in [7, 11) is 0. The monoisotopic (exact) mass is 308 g/mol. The fourth-order valence-electron chi connectivity index (χ4n) is 2.54. The molecule has 6 nitrogen and oxygen atoms in total. The van der Waals surface area contributed by atoms with Crippen LogP contribution in [0.15, 0.2) is 42.7 Å². The first-order valence-corrected chi connectivity index (χ1v) is 7.54. The largest absolute Gasteiger partial charge is 0.366 e. The van der Waals surface area contributed by atoms with Gasteiger partial charge in [0.2, 0.25) is 0 Å². The Labute approximate surface area is 135 Å². The summed E-state index contributed by atoms with van der Waals surface area (Å²) in [6.07, 6.45) is 3.77. The van der Waals surface area contributed by atoms with Gasteiger partial charge in [-0.25, -0.2) is 15.0 Å². The molecule has 23 heavy (non-hydrogen) atoms. The first kappa shape index (κ1) is 15.2. The second-order valence-electron chi connectivity index (χ2n) is 5.32. The maximum absolute atomic E-state index is 5.67. The Kier molecular flexibility index (Phi) is 4.34. The third kappa shape index (κ3) is 3.37. The van der Waals surface area contributed by atoms with Crippen LogP contribution in [0.3, 0.4) is 0 Å². The Balaban J connectivity index is 1.84. The molecule has 0 aliphatic rings. The fraction of sp³-hybridized carbons (Fsp3) is 0.235. The zero-order valence-electron chi connectivity index (χ0n) is 13.3. The number of nitrogens with zero attached hydrogens (tertiary/aromatic N) is 4. The van der Waals surface area contributed by atoms with Gasteiger partial charge in [-0.3, -0.25) is 0 Å². The summed E-state index contributed by atoms with van der Waals surface area (Å²) in [6, 6.07) is 10.1. The van der Waals surface area contributed by atoms with Crippen molar-refractivity contribution < 1.29 is 0 Å². The van der Waals surface area contributed by atoms with E-state index in [9.17, 15) is 0 Å². The summed E-state index contributed by atoms with van der Waals surface area (Å²) in [5, 5.41) is 3.36. The Hall–Kier alpha value is -2.73. The van der Waals surface area contributed by atoms with Crippen molar-refractivity contribution >= 4 is 5.82 Å². The average molecular weight is 308 g/mol. The number of anilines is 1. The molecule has 0 amide bonds. The second kappa shape index (κ2) is 6.58. The highest BCUT2D eigenvalue weighted by Crippen LogP contribution is 2.17. The highest BCUT2D eigenvalue weighted by Gasteiger charge is 2.07. The first-order valence-electron chi connectivity index (χ1n) is 7.54. The third-order valence-corrected chi connectivity index (χ3v) is 3.64. The summed E-state index contributed by atoms with van der Waals surface area (Å²) in [5.74, 6) is 2.46. The number of para-hydroxylation sites is 1. The lowest BCUT2D eigenvalue weighted by Crippen LogP contribution is -2.09. The van der Waals surface area contributed by atoms with Crippen LogP contribution < -0.4 is 11.1 Å². The van der Waals surface area contributed by atoms with Crippen molar-refractivity contribution in [2.45, 2.75) is 26.9 Å². The molecule has 3 rings (SSSR count). The van der Waals surface area contributed by atoms with Gasteiger partial charge in [-0.15, -0.1) is 0 Å². The van der Waals surface area contributed by atoms with Crippen molar-refractivity contribution in [3.05, 3.63) is 65.6 Å². The van der Waals surface area contributed by atoms with Crippen molar-refractivity contribution in [2.24, 2.45) is 5.73 Å². The zero-order chi connectivity index (χ0) is 16.2. The van der Waals surface area contributed by atoms with Gasteiger partial charge in [-0.2, -0.15) is 0 Å². The lowest BCUT2D eigenvalue weighted by Gasteiger charge is -2.13. The molecule has 0 bridgehead atoms. The van der Waals surface area contributed by atoms with Crippen LogP contribution >= 0.6 is 0 Å². The van der Waals surface area contributed by atoms with Gasteiger partial charge in [0.25, 0.3) is 0 Å². The molecule has 0 saturated heterocycles. The number of nitrogens with one attached hydrogen (secondary N) is 1. The van der Waals surface area contributed by atoms with E-state index in [0.717, 1.165) is 23.0 Å². The van der Waals surface area contributed by atoms with Gasteiger partial charge in [-0.05, 0) is 25.5 Å². The molecule has 3 aromatic rings. The maximum atomic E-state index is 5.67. The Morgan fingerprint density at radius 1 is 1.17 bits per heavy atom. The molecule has 0 saturated carbocycles. The van der Waals surface area contributed by atoms with Crippen molar-refractivity contribution in [2.75, 3.05) is 5.32 Å². The molecule has 0 aliphatic carbocycles. The van der Waals surface area contributed by atoms with E-state index in [-0.39, 0.29) is 0 Å². The highest BCUT2D eigenvalue weighted by molar-refractivity contribution is 5.45. The molecule has 6 heteroatoms. The number of imidazole rings is 1. The standard InChI is InChI=1S/C17H20N6/c1-12-21-15(10-18)9-17(22-12)20-11-14-5-3-4-6-16(14)23-8-7-19-13(23)2/h3-9H,10-11,18H2,1-2H3,(H,20,21,22). The third-order valence-electron chi connectivity index (χ3n) is 3.64. The van der Waals surface area contributed by atoms with E-state index in [1.54, 1.807) is 6.20 Å². The van der Waals surface area contributed by atoms with Gasteiger partial charge < -0.3 is 15.6 Å². The highest BCUT2D eigenvalue weighted by atomic mass is 15.1. The van der Waals surface area contributed by atoms with Gasteiger partial charge in [0.05, 0.1) is 11.4 Å². The number of rotatable bonds is 5. The summed E-state index contributed by atoms with van der Waals surface area (Å²) >= 11 is 0. The molecule has 0 spiro atoms. The van der Waals surface area contributed by atoms with E-state index in [1.807, 2.05) is 38.2 Å². The molecule has 0 aliphatic heterocycles. The first-order chi connectivity index (χ1) is 11.2. The summed E-state index contributed by atoms with van der Waals surface area (Å²) in [5.41, 5.74) is 8.78. The van der Waals surface area contributed by atoms with E-state index in [0.29, 0.717) is 18.9 Å². The normalized spacial score (nSPS) is 10.7. The Morgan fingerprint density at radius 2 is 2.00 bits per heavy atom. The lowest BCUT2D eigenvalue weighted by atomic mass is 10.1. The smallest absolute Gasteiger partial charge is 0.130 e. The van der Waals surface area contributed by atoms with E-state index >= 15 is 0 Å². The van der Waals surface area contributed by atoms with Crippen molar-refractivity contribution in [3.8, 4) is 5.69 Å². The molecule has 0 unspecified atom stereocenters. The van der Waals surface area contributed by atoms with Crippen molar-refractivity contribution in [1.82, 2.24) is 19.5 Å². The summed E-state index contributed by atoms with van der Waals surface area (Å²) < 4.78 is 2.08. The van der Waals surface area contributed by atoms with E-state index in [4.69, 9.17) is 5.73 Å². The van der Waals surface area contributed by atoms with E-state index in [2.05, 4.69) is 37.0 Å². The SMILES string of the molecule is Cc1nc(CN)cc(NCc2ccccc2-n2ccnc2C)n1. The lowest BCUT2D eigenvalue weighted by molar-refractivity contribution is 0.915.